The van der Waals surface area contributed by atoms with Gasteiger partial charge >= 0.3 is 6.03 Å². The molecule has 0 atom stereocenters. The van der Waals surface area contributed by atoms with E-state index in [4.69, 9.17) is 4.42 Å². The monoisotopic (exact) mass is 299 g/mol. The number of aromatic nitrogens is 1. The number of rotatable bonds is 4. The third-order valence-electron chi connectivity index (χ3n) is 3.90. The fraction of sp³-hybridized carbons (Fsp3) is 0.412. The second kappa shape index (κ2) is 6.64. The summed E-state index contributed by atoms with van der Waals surface area (Å²) < 4.78 is 5.51. The number of aryl methyl sites for hydroxylation is 1. The molecule has 0 aliphatic carbocycles. The van der Waals surface area contributed by atoms with Gasteiger partial charge in [-0.05, 0) is 31.9 Å². The van der Waals surface area contributed by atoms with Gasteiger partial charge in [0, 0.05) is 31.6 Å². The molecule has 2 heterocycles. The molecule has 3 rings (SSSR count). The molecule has 0 bridgehead atoms. The Morgan fingerprint density at radius 1 is 1.27 bits per heavy atom. The van der Waals surface area contributed by atoms with Gasteiger partial charge in [0.15, 0.2) is 0 Å². The molecule has 0 unspecified atom stereocenters. The van der Waals surface area contributed by atoms with Gasteiger partial charge in [0.1, 0.15) is 6.26 Å². The molecule has 2 aromatic rings. The Morgan fingerprint density at radius 3 is 2.73 bits per heavy atom. The molecule has 5 nitrogen and oxygen atoms in total. The number of nitrogens with one attached hydrogen (secondary N) is 1. The van der Waals surface area contributed by atoms with E-state index >= 15 is 0 Å². The summed E-state index contributed by atoms with van der Waals surface area (Å²) in [6.45, 7) is 4.36. The maximum Gasteiger partial charge on any atom is 0.317 e. The quantitative estimate of drug-likeness (QED) is 0.944. The van der Waals surface area contributed by atoms with E-state index in [9.17, 15) is 4.79 Å². The zero-order valence-electron chi connectivity index (χ0n) is 12.8. The summed E-state index contributed by atoms with van der Waals surface area (Å²) in [6.07, 6.45) is 4.55. The zero-order chi connectivity index (χ0) is 15.4. The van der Waals surface area contributed by atoms with E-state index in [1.807, 2.05) is 36.1 Å². The lowest BCUT2D eigenvalue weighted by Gasteiger charge is -2.15. The van der Waals surface area contributed by atoms with Gasteiger partial charge in [-0.2, -0.15) is 0 Å². The first-order valence-electron chi connectivity index (χ1n) is 7.76. The van der Waals surface area contributed by atoms with Crippen molar-refractivity contribution in [3.8, 4) is 11.5 Å². The normalized spacial score (nSPS) is 14.3. The number of urea groups is 1. The Labute approximate surface area is 130 Å². The highest BCUT2D eigenvalue weighted by atomic mass is 16.3. The second-order valence-corrected chi connectivity index (χ2v) is 5.69. The van der Waals surface area contributed by atoms with Crippen LogP contribution in [0.3, 0.4) is 0 Å². The van der Waals surface area contributed by atoms with Crippen molar-refractivity contribution in [3.05, 3.63) is 41.8 Å². The summed E-state index contributed by atoms with van der Waals surface area (Å²) in [6, 6.07) is 8.10. The van der Waals surface area contributed by atoms with E-state index < -0.39 is 0 Å². The predicted octanol–water partition coefficient (Wildman–Crippen LogP) is 3.00. The van der Waals surface area contributed by atoms with Gasteiger partial charge in [-0.1, -0.05) is 17.7 Å². The molecule has 0 radical (unpaired) electrons. The number of benzene rings is 1. The van der Waals surface area contributed by atoms with E-state index in [2.05, 4.69) is 10.3 Å². The fourth-order valence-corrected chi connectivity index (χ4v) is 2.58. The smallest absolute Gasteiger partial charge is 0.317 e. The van der Waals surface area contributed by atoms with Crippen molar-refractivity contribution in [1.29, 1.82) is 0 Å². The van der Waals surface area contributed by atoms with Crippen LogP contribution in [0.15, 0.2) is 34.9 Å². The van der Waals surface area contributed by atoms with Crippen LogP contribution in [-0.2, 0) is 6.42 Å². The minimum atomic E-state index is 0.0275. The largest absolute Gasteiger partial charge is 0.444 e. The summed E-state index contributed by atoms with van der Waals surface area (Å²) in [5.74, 6) is 0.626. The number of amides is 2. The molecule has 2 amide bonds. The molecular formula is C17H21N3O2. The van der Waals surface area contributed by atoms with Gasteiger partial charge in [-0.3, -0.25) is 0 Å². The van der Waals surface area contributed by atoms with Crippen LogP contribution in [0.2, 0.25) is 0 Å². The molecule has 5 heteroatoms. The highest BCUT2D eigenvalue weighted by Crippen LogP contribution is 2.19. The summed E-state index contributed by atoms with van der Waals surface area (Å²) in [7, 11) is 0. The number of oxazole rings is 1. The SMILES string of the molecule is Cc1ccc(-c2nc(CCNC(=O)N3CCCC3)co2)cc1. The van der Waals surface area contributed by atoms with Crippen LogP contribution in [0.4, 0.5) is 4.79 Å². The van der Waals surface area contributed by atoms with Crippen molar-refractivity contribution < 1.29 is 9.21 Å². The van der Waals surface area contributed by atoms with Crippen LogP contribution in [0.1, 0.15) is 24.1 Å². The Kier molecular flexibility index (Phi) is 4.42. The maximum atomic E-state index is 11.9. The van der Waals surface area contributed by atoms with E-state index in [1.165, 1.54) is 5.56 Å². The number of nitrogens with zero attached hydrogens (tertiary/aromatic N) is 2. The van der Waals surface area contributed by atoms with Gasteiger partial charge in [0.2, 0.25) is 5.89 Å². The van der Waals surface area contributed by atoms with E-state index in [-0.39, 0.29) is 6.03 Å². The number of likely N-dealkylation sites (tertiary alicyclic amines) is 1. The molecule has 1 aromatic carbocycles. The van der Waals surface area contributed by atoms with Gasteiger partial charge < -0.3 is 14.6 Å². The minimum absolute atomic E-state index is 0.0275. The van der Waals surface area contributed by atoms with Crippen LogP contribution < -0.4 is 5.32 Å². The second-order valence-electron chi connectivity index (χ2n) is 5.69. The molecule has 1 N–H and O–H groups in total. The van der Waals surface area contributed by atoms with Gasteiger partial charge in [0.05, 0.1) is 5.69 Å². The first-order chi connectivity index (χ1) is 10.7. The van der Waals surface area contributed by atoms with Gasteiger partial charge in [0.25, 0.3) is 0 Å². The van der Waals surface area contributed by atoms with Crippen LogP contribution in [0.5, 0.6) is 0 Å². The number of carbonyl (C=O) groups is 1. The highest BCUT2D eigenvalue weighted by molar-refractivity contribution is 5.74. The Balaban J connectivity index is 1.51. The average Bonchev–Trinajstić information content (AvgIpc) is 3.19. The topological polar surface area (TPSA) is 58.4 Å². The fourth-order valence-electron chi connectivity index (χ4n) is 2.58. The summed E-state index contributed by atoms with van der Waals surface area (Å²) in [4.78, 5) is 18.2. The number of hydrogen-bond donors (Lipinski definition) is 1. The Bertz CT molecular complexity index is 628. The predicted molar refractivity (Wildman–Crippen MR) is 84.6 cm³/mol. The van der Waals surface area contributed by atoms with Crippen molar-refractivity contribution in [1.82, 2.24) is 15.2 Å². The van der Waals surface area contributed by atoms with Gasteiger partial charge in [-0.25, -0.2) is 9.78 Å². The van der Waals surface area contributed by atoms with E-state index in [0.29, 0.717) is 18.9 Å². The minimum Gasteiger partial charge on any atom is -0.444 e. The standard InChI is InChI=1S/C17H21N3O2/c1-13-4-6-14(7-5-13)16-19-15(12-22-16)8-9-18-17(21)20-10-2-3-11-20/h4-7,12H,2-3,8-11H2,1H3,(H,18,21). The van der Waals surface area contributed by atoms with Crippen molar-refractivity contribution >= 4 is 6.03 Å². The first kappa shape index (κ1) is 14.6. The van der Waals surface area contributed by atoms with Crippen LogP contribution >= 0.6 is 0 Å². The van der Waals surface area contributed by atoms with E-state index in [1.54, 1.807) is 6.26 Å². The first-order valence-corrected chi connectivity index (χ1v) is 7.76. The molecule has 1 fully saturated rings. The molecular weight excluding hydrogens is 278 g/mol. The molecule has 1 aromatic heterocycles. The average molecular weight is 299 g/mol. The van der Waals surface area contributed by atoms with Crippen molar-refractivity contribution in [2.75, 3.05) is 19.6 Å². The van der Waals surface area contributed by atoms with Gasteiger partial charge in [-0.15, -0.1) is 0 Å². The van der Waals surface area contributed by atoms with Crippen LogP contribution in [-0.4, -0.2) is 35.5 Å². The van der Waals surface area contributed by atoms with Crippen molar-refractivity contribution in [2.45, 2.75) is 26.2 Å². The lowest BCUT2D eigenvalue weighted by atomic mass is 10.1. The van der Waals surface area contributed by atoms with Crippen LogP contribution in [0, 0.1) is 6.92 Å². The third-order valence-corrected chi connectivity index (χ3v) is 3.90. The van der Waals surface area contributed by atoms with Crippen molar-refractivity contribution in [3.63, 3.8) is 0 Å². The molecule has 116 valence electrons. The molecule has 22 heavy (non-hydrogen) atoms. The number of hydrogen-bond acceptors (Lipinski definition) is 3. The molecule has 1 aliphatic heterocycles. The van der Waals surface area contributed by atoms with Crippen LogP contribution in [0.25, 0.3) is 11.5 Å². The summed E-state index contributed by atoms with van der Waals surface area (Å²) >= 11 is 0. The molecule has 1 saturated heterocycles. The zero-order valence-corrected chi connectivity index (χ0v) is 12.8. The maximum absolute atomic E-state index is 11.9. The lowest BCUT2D eigenvalue weighted by molar-refractivity contribution is 0.209. The Hall–Kier alpha value is -2.30. The van der Waals surface area contributed by atoms with Crippen molar-refractivity contribution in [2.24, 2.45) is 0 Å². The highest BCUT2D eigenvalue weighted by Gasteiger charge is 2.17. The molecule has 0 spiro atoms. The molecule has 1 aliphatic rings. The Morgan fingerprint density at radius 2 is 2.00 bits per heavy atom. The van der Waals surface area contributed by atoms with E-state index in [0.717, 1.165) is 37.2 Å². The lowest BCUT2D eigenvalue weighted by Crippen LogP contribution is -2.38. The molecule has 0 saturated carbocycles. The number of carbonyl (C=O) groups excluding carboxylic acids is 1. The summed E-state index contributed by atoms with van der Waals surface area (Å²) in [5, 5.41) is 2.93. The third kappa shape index (κ3) is 3.47. The summed E-state index contributed by atoms with van der Waals surface area (Å²) in [5.41, 5.74) is 3.04.